The zero-order valence-corrected chi connectivity index (χ0v) is 16.2. The molecule has 154 valence electrons. The molecule has 1 heterocycles. The summed E-state index contributed by atoms with van der Waals surface area (Å²) in [5, 5.41) is 2.96. The van der Waals surface area contributed by atoms with Gasteiger partial charge in [-0.2, -0.15) is 0 Å². The lowest BCUT2D eigenvalue weighted by atomic mass is 10.2. The Kier molecular flexibility index (Phi) is 6.53. The lowest BCUT2D eigenvalue weighted by Gasteiger charge is -2.10. The highest BCUT2D eigenvalue weighted by Crippen LogP contribution is 2.15. The van der Waals surface area contributed by atoms with Crippen molar-refractivity contribution in [2.75, 3.05) is 19.0 Å². The normalized spacial score (nSPS) is 10.4. The molecule has 0 fully saturated rings. The molecule has 9 heteroatoms. The number of fused-ring (bicyclic) bond motifs is 1. The largest absolute Gasteiger partial charge is 0.465 e. The number of para-hydroxylation sites is 2. The maximum absolute atomic E-state index is 12.4. The third kappa shape index (κ3) is 4.88. The number of ether oxygens (including phenoxy) is 2. The van der Waals surface area contributed by atoms with Gasteiger partial charge in [0, 0.05) is 6.54 Å². The fourth-order valence-corrected chi connectivity index (χ4v) is 2.76. The molecule has 0 spiro atoms. The summed E-state index contributed by atoms with van der Waals surface area (Å²) in [5.74, 6) is -1.85. The zero-order chi connectivity index (χ0) is 21.5. The summed E-state index contributed by atoms with van der Waals surface area (Å²) < 4.78 is 10.9. The number of hydrogen-bond acceptors (Lipinski definition) is 7. The Morgan fingerprint density at radius 1 is 1.07 bits per heavy atom. The molecule has 0 saturated carbocycles. The van der Waals surface area contributed by atoms with Gasteiger partial charge in [-0.25, -0.2) is 9.78 Å². The number of hydrogen-bond donors (Lipinski definition) is 1. The van der Waals surface area contributed by atoms with Crippen molar-refractivity contribution in [2.45, 2.75) is 13.0 Å². The predicted molar refractivity (Wildman–Crippen MR) is 108 cm³/mol. The minimum atomic E-state index is -0.647. The number of aryl methyl sites for hydroxylation is 1. The van der Waals surface area contributed by atoms with Crippen LogP contribution in [0, 0.1) is 0 Å². The van der Waals surface area contributed by atoms with Crippen LogP contribution in [0.3, 0.4) is 0 Å². The van der Waals surface area contributed by atoms with E-state index in [1.807, 2.05) is 0 Å². The van der Waals surface area contributed by atoms with Crippen LogP contribution in [0.2, 0.25) is 0 Å². The molecule has 0 aliphatic rings. The van der Waals surface area contributed by atoms with E-state index in [4.69, 9.17) is 4.74 Å². The highest BCUT2D eigenvalue weighted by Gasteiger charge is 2.14. The van der Waals surface area contributed by atoms with E-state index in [0.29, 0.717) is 10.9 Å². The highest BCUT2D eigenvalue weighted by atomic mass is 16.5. The van der Waals surface area contributed by atoms with Crippen LogP contribution in [0.1, 0.15) is 16.8 Å². The van der Waals surface area contributed by atoms with Crippen LogP contribution < -0.4 is 10.9 Å². The number of rotatable bonds is 7. The van der Waals surface area contributed by atoms with Gasteiger partial charge in [-0.3, -0.25) is 19.0 Å². The number of methoxy groups -OCH3 is 1. The molecule has 0 radical (unpaired) electrons. The maximum Gasteiger partial charge on any atom is 0.339 e. The van der Waals surface area contributed by atoms with E-state index in [0.717, 1.165) is 0 Å². The van der Waals surface area contributed by atoms with Crippen LogP contribution in [0.5, 0.6) is 0 Å². The molecule has 30 heavy (non-hydrogen) atoms. The Labute approximate surface area is 171 Å². The third-order valence-corrected chi connectivity index (χ3v) is 4.26. The standard InChI is InChI=1S/C21H19N3O6/c1-29-21(28)15-7-3-5-9-17(15)23-18(25)12-30-19(26)10-11-24-13-22-16-8-4-2-6-14(16)20(24)27/h2-9,13H,10-12H2,1H3,(H,23,25). The number of esters is 2. The molecule has 0 atom stereocenters. The molecule has 0 bridgehead atoms. The quantitative estimate of drug-likeness (QED) is 0.591. The van der Waals surface area contributed by atoms with Gasteiger partial charge < -0.3 is 14.8 Å². The molecule has 0 saturated heterocycles. The average Bonchev–Trinajstić information content (AvgIpc) is 2.77. The molecular formula is C21H19N3O6. The first-order chi connectivity index (χ1) is 14.5. The first-order valence-corrected chi connectivity index (χ1v) is 9.06. The topological polar surface area (TPSA) is 117 Å². The number of anilines is 1. The van der Waals surface area contributed by atoms with Crippen LogP contribution in [0.15, 0.2) is 59.7 Å². The molecule has 0 unspecified atom stereocenters. The lowest BCUT2D eigenvalue weighted by molar-refractivity contribution is -0.147. The molecule has 3 aromatic rings. The second-order valence-corrected chi connectivity index (χ2v) is 6.26. The molecule has 2 aromatic carbocycles. The van der Waals surface area contributed by atoms with Gasteiger partial charge >= 0.3 is 11.9 Å². The molecule has 0 aliphatic carbocycles. The third-order valence-electron chi connectivity index (χ3n) is 4.26. The van der Waals surface area contributed by atoms with Gasteiger partial charge in [0.15, 0.2) is 6.61 Å². The number of nitrogens with zero attached hydrogens (tertiary/aromatic N) is 2. The summed E-state index contributed by atoms with van der Waals surface area (Å²) in [6, 6.07) is 13.2. The van der Waals surface area contributed by atoms with Gasteiger partial charge in [-0.15, -0.1) is 0 Å². The zero-order valence-electron chi connectivity index (χ0n) is 16.2. The molecular weight excluding hydrogens is 390 g/mol. The molecule has 9 nitrogen and oxygen atoms in total. The first-order valence-electron chi connectivity index (χ1n) is 9.06. The summed E-state index contributed by atoms with van der Waals surface area (Å²) >= 11 is 0. The molecule has 3 rings (SSSR count). The Hall–Kier alpha value is -4.01. The first kappa shape index (κ1) is 20.7. The molecule has 0 aliphatic heterocycles. The molecule has 1 amide bonds. The summed E-state index contributed by atoms with van der Waals surface area (Å²) in [6.45, 7) is -0.457. The summed E-state index contributed by atoms with van der Waals surface area (Å²) in [4.78, 5) is 52.3. The second-order valence-electron chi connectivity index (χ2n) is 6.26. The van der Waals surface area contributed by atoms with Gasteiger partial charge in [-0.05, 0) is 24.3 Å². The summed E-state index contributed by atoms with van der Waals surface area (Å²) in [5.41, 5.74) is 0.748. The fourth-order valence-electron chi connectivity index (χ4n) is 2.76. The minimum Gasteiger partial charge on any atom is -0.465 e. The van der Waals surface area contributed by atoms with Crippen molar-refractivity contribution in [3.63, 3.8) is 0 Å². The number of carbonyl (C=O) groups is 3. The van der Waals surface area contributed by atoms with Crippen molar-refractivity contribution >= 4 is 34.4 Å². The van der Waals surface area contributed by atoms with E-state index in [-0.39, 0.29) is 29.8 Å². The van der Waals surface area contributed by atoms with Crippen molar-refractivity contribution in [1.29, 1.82) is 0 Å². The Bertz CT molecular complexity index is 1150. The van der Waals surface area contributed by atoms with Crippen molar-refractivity contribution in [2.24, 2.45) is 0 Å². The number of carbonyl (C=O) groups excluding carboxylic acids is 3. The lowest BCUT2D eigenvalue weighted by Crippen LogP contribution is -2.25. The van der Waals surface area contributed by atoms with Crippen LogP contribution >= 0.6 is 0 Å². The number of aromatic nitrogens is 2. The summed E-state index contributed by atoms with van der Waals surface area (Å²) in [7, 11) is 1.24. The van der Waals surface area contributed by atoms with E-state index >= 15 is 0 Å². The Balaban J connectivity index is 1.53. The smallest absolute Gasteiger partial charge is 0.339 e. The van der Waals surface area contributed by atoms with Crippen LogP contribution in [-0.4, -0.2) is 41.1 Å². The van der Waals surface area contributed by atoms with Gasteiger partial charge in [-0.1, -0.05) is 24.3 Å². The predicted octanol–water partition coefficient (Wildman–Crippen LogP) is 1.76. The SMILES string of the molecule is COC(=O)c1ccccc1NC(=O)COC(=O)CCn1cnc2ccccc2c1=O. The van der Waals surface area contributed by atoms with Crippen molar-refractivity contribution in [1.82, 2.24) is 9.55 Å². The number of nitrogens with one attached hydrogen (secondary N) is 1. The second kappa shape index (κ2) is 9.46. The van der Waals surface area contributed by atoms with Gasteiger partial charge in [0.1, 0.15) is 0 Å². The highest BCUT2D eigenvalue weighted by molar-refractivity contribution is 6.01. The Morgan fingerprint density at radius 3 is 2.60 bits per heavy atom. The van der Waals surface area contributed by atoms with E-state index < -0.39 is 24.5 Å². The van der Waals surface area contributed by atoms with Gasteiger partial charge in [0.05, 0.1) is 42.0 Å². The van der Waals surface area contributed by atoms with Crippen LogP contribution in [0.4, 0.5) is 5.69 Å². The molecule has 1 aromatic heterocycles. The number of benzene rings is 2. The van der Waals surface area contributed by atoms with E-state index in [1.54, 1.807) is 36.4 Å². The van der Waals surface area contributed by atoms with Crippen LogP contribution in [-0.2, 0) is 25.6 Å². The average molecular weight is 409 g/mol. The Morgan fingerprint density at radius 2 is 1.80 bits per heavy atom. The maximum atomic E-state index is 12.4. The van der Waals surface area contributed by atoms with Crippen molar-refractivity contribution in [3.05, 3.63) is 70.8 Å². The van der Waals surface area contributed by atoms with E-state index in [9.17, 15) is 19.2 Å². The van der Waals surface area contributed by atoms with Gasteiger partial charge in [0.2, 0.25) is 0 Å². The monoisotopic (exact) mass is 409 g/mol. The number of amides is 1. The van der Waals surface area contributed by atoms with E-state index in [1.165, 1.54) is 30.1 Å². The molecule has 1 N–H and O–H groups in total. The fraction of sp³-hybridized carbons (Fsp3) is 0.190. The van der Waals surface area contributed by atoms with E-state index in [2.05, 4.69) is 15.0 Å². The van der Waals surface area contributed by atoms with Crippen LogP contribution in [0.25, 0.3) is 10.9 Å². The van der Waals surface area contributed by atoms with Gasteiger partial charge in [0.25, 0.3) is 11.5 Å². The van der Waals surface area contributed by atoms with Crippen molar-refractivity contribution in [3.8, 4) is 0 Å². The minimum absolute atomic E-state index is 0.0717. The van der Waals surface area contributed by atoms with Crippen molar-refractivity contribution < 1.29 is 23.9 Å². The summed E-state index contributed by atoms with van der Waals surface area (Å²) in [6.07, 6.45) is 1.26.